The molecule has 2 heterocycles. The molecule has 2 aliphatic heterocycles. The lowest BCUT2D eigenvalue weighted by Crippen LogP contribution is -2.47. The van der Waals surface area contributed by atoms with E-state index in [1.165, 1.54) is 56.8 Å². The average molecular weight is 256 g/mol. The summed E-state index contributed by atoms with van der Waals surface area (Å²) in [7, 11) is 0. The second kappa shape index (κ2) is 7.01. The highest BCUT2D eigenvalue weighted by molar-refractivity contribution is 7.99. The zero-order chi connectivity index (χ0) is 12.1. The van der Waals surface area contributed by atoms with E-state index in [1.54, 1.807) is 0 Å². The molecule has 0 aromatic heterocycles. The maximum Gasteiger partial charge on any atom is 0.0195 e. The minimum absolute atomic E-state index is 0.765. The average Bonchev–Trinajstić information content (AvgIpc) is 2.82. The molecule has 0 aromatic rings. The third-order valence-corrected chi connectivity index (χ3v) is 5.07. The minimum atomic E-state index is 0.765. The van der Waals surface area contributed by atoms with Crippen LogP contribution in [0.2, 0.25) is 0 Å². The summed E-state index contributed by atoms with van der Waals surface area (Å²) in [6.45, 7) is 8.50. The number of rotatable bonds is 5. The van der Waals surface area contributed by atoms with Gasteiger partial charge in [0.25, 0.3) is 0 Å². The molecule has 0 radical (unpaired) electrons. The van der Waals surface area contributed by atoms with E-state index in [1.807, 2.05) is 0 Å². The van der Waals surface area contributed by atoms with E-state index >= 15 is 0 Å². The molecule has 3 heteroatoms. The van der Waals surface area contributed by atoms with Crippen molar-refractivity contribution in [3.8, 4) is 0 Å². The monoisotopic (exact) mass is 256 g/mol. The molecule has 2 fully saturated rings. The SMILES string of the molecule is CC(C)CN(CC1CCCN1)C1CCCSC1. The van der Waals surface area contributed by atoms with Gasteiger partial charge in [0.2, 0.25) is 0 Å². The number of nitrogens with one attached hydrogen (secondary N) is 1. The van der Waals surface area contributed by atoms with Gasteiger partial charge in [-0.1, -0.05) is 13.8 Å². The van der Waals surface area contributed by atoms with E-state index in [4.69, 9.17) is 0 Å². The maximum absolute atomic E-state index is 3.65. The molecule has 0 saturated carbocycles. The standard InChI is InChI=1S/C14H28N2S/c1-12(2)9-16(10-13-5-3-7-15-13)14-6-4-8-17-11-14/h12-15H,3-11H2,1-2H3. The van der Waals surface area contributed by atoms with E-state index in [0.717, 1.165) is 18.0 Å². The van der Waals surface area contributed by atoms with Crippen LogP contribution in [0.1, 0.15) is 39.5 Å². The summed E-state index contributed by atoms with van der Waals surface area (Å²) in [6, 6.07) is 1.61. The fourth-order valence-electron chi connectivity index (χ4n) is 3.05. The fourth-order valence-corrected chi connectivity index (χ4v) is 4.24. The Morgan fingerprint density at radius 3 is 2.76 bits per heavy atom. The van der Waals surface area contributed by atoms with Crippen molar-refractivity contribution in [2.75, 3.05) is 31.1 Å². The molecule has 17 heavy (non-hydrogen) atoms. The number of hydrogen-bond donors (Lipinski definition) is 1. The van der Waals surface area contributed by atoms with Crippen molar-refractivity contribution in [2.24, 2.45) is 5.92 Å². The van der Waals surface area contributed by atoms with Gasteiger partial charge in [-0.3, -0.25) is 4.90 Å². The van der Waals surface area contributed by atoms with Crippen molar-refractivity contribution in [3.63, 3.8) is 0 Å². The second-order valence-electron chi connectivity index (χ2n) is 6.01. The van der Waals surface area contributed by atoms with E-state index in [0.29, 0.717) is 0 Å². The van der Waals surface area contributed by atoms with Gasteiger partial charge in [-0.05, 0) is 43.9 Å². The van der Waals surface area contributed by atoms with Gasteiger partial charge in [-0.15, -0.1) is 0 Å². The van der Waals surface area contributed by atoms with Crippen LogP contribution < -0.4 is 5.32 Å². The van der Waals surface area contributed by atoms with Crippen molar-refractivity contribution in [1.82, 2.24) is 10.2 Å². The Morgan fingerprint density at radius 1 is 1.29 bits per heavy atom. The van der Waals surface area contributed by atoms with Crippen LogP contribution in [0.5, 0.6) is 0 Å². The van der Waals surface area contributed by atoms with Crippen LogP contribution in [0.3, 0.4) is 0 Å². The molecule has 0 bridgehead atoms. The highest BCUT2D eigenvalue weighted by Gasteiger charge is 2.25. The summed E-state index contributed by atoms with van der Waals surface area (Å²) in [5.41, 5.74) is 0. The maximum atomic E-state index is 3.65. The molecule has 2 rings (SSSR count). The highest BCUT2D eigenvalue weighted by Crippen LogP contribution is 2.23. The Balaban J connectivity index is 1.86. The Bertz CT molecular complexity index is 208. The summed E-state index contributed by atoms with van der Waals surface area (Å²) in [6.07, 6.45) is 5.60. The highest BCUT2D eigenvalue weighted by atomic mass is 32.2. The van der Waals surface area contributed by atoms with Crippen LogP contribution in [0.15, 0.2) is 0 Å². The smallest absolute Gasteiger partial charge is 0.0195 e. The molecule has 1 N–H and O–H groups in total. The van der Waals surface area contributed by atoms with Crippen LogP contribution in [-0.2, 0) is 0 Å². The normalized spacial score (nSPS) is 30.4. The van der Waals surface area contributed by atoms with Crippen molar-refractivity contribution >= 4 is 11.8 Å². The summed E-state index contributed by atoms with van der Waals surface area (Å²) in [5.74, 6) is 3.54. The second-order valence-corrected chi connectivity index (χ2v) is 7.16. The van der Waals surface area contributed by atoms with E-state index < -0.39 is 0 Å². The van der Waals surface area contributed by atoms with Crippen LogP contribution in [0, 0.1) is 5.92 Å². The van der Waals surface area contributed by atoms with Crippen molar-refractivity contribution in [3.05, 3.63) is 0 Å². The summed E-state index contributed by atoms with van der Waals surface area (Å²) < 4.78 is 0. The number of thioether (sulfide) groups is 1. The van der Waals surface area contributed by atoms with Gasteiger partial charge in [0.1, 0.15) is 0 Å². The lowest BCUT2D eigenvalue weighted by molar-refractivity contribution is 0.164. The molecule has 2 nitrogen and oxygen atoms in total. The molecule has 2 atom stereocenters. The quantitative estimate of drug-likeness (QED) is 0.814. The molecular formula is C14H28N2S. The molecule has 0 aliphatic carbocycles. The van der Waals surface area contributed by atoms with Gasteiger partial charge < -0.3 is 5.32 Å². The topological polar surface area (TPSA) is 15.3 Å². The summed E-state index contributed by atoms with van der Waals surface area (Å²) >= 11 is 2.15. The largest absolute Gasteiger partial charge is 0.313 e. The third kappa shape index (κ3) is 4.46. The van der Waals surface area contributed by atoms with Gasteiger partial charge in [-0.2, -0.15) is 11.8 Å². The number of hydrogen-bond acceptors (Lipinski definition) is 3. The Hall–Kier alpha value is 0.270. The Labute approximate surface area is 111 Å². The summed E-state index contributed by atoms with van der Waals surface area (Å²) in [5, 5.41) is 3.65. The van der Waals surface area contributed by atoms with E-state index in [2.05, 4.69) is 35.8 Å². The lowest BCUT2D eigenvalue weighted by atomic mass is 10.1. The first-order valence-corrected chi connectivity index (χ1v) is 8.46. The van der Waals surface area contributed by atoms with Crippen LogP contribution in [0.4, 0.5) is 0 Å². The van der Waals surface area contributed by atoms with Crippen molar-refractivity contribution in [2.45, 2.75) is 51.6 Å². The first-order chi connectivity index (χ1) is 8.25. The molecule has 2 saturated heterocycles. The Morgan fingerprint density at radius 2 is 2.18 bits per heavy atom. The van der Waals surface area contributed by atoms with Gasteiger partial charge in [0.15, 0.2) is 0 Å². The number of nitrogens with zero attached hydrogens (tertiary/aromatic N) is 1. The summed E-state index contributed by atoms with van der Waals surface area (Å²) in [4.78, 5) is 2.78. The van der Waals surface area contributed by atoms with E-state index in [9.17, 15) is 0 Å². The lowest BCUT2D eigenvalue weighted by Gasteiger charge is -2.36. The molecular weight excluding hydrogens is 228 g/mol. The first-order valence-electron chi connectivity index (χ1n) is 7.31. The predicted molar refractivity (Wildman–Crippen MR) is 77.8 cm³/mol. The first kappa shape index (κ1) is 13.7. The van der Waals surface area contributed by atoms with Gasteiger partial charge >= 0.3 is 0 Å². The minimum Gasteiger partial charge on any atom is -0.313 e. The van der Waals surface area contributed by atoms with Gasteiger partial charge in [-0.25, -0.2) is 0 Å². The van der Waals surface area contributed by atoms with Gasteiger partial charge in [0.05, 0.1) is 0 Å². The molecule has 0 amide bonds. The van der Waals surface area contributed by atoms with Gasteiger partial charge in [0, 0.05) is 30.9 Å². The molecule has 2 unspecified atom stereocenters. The van der Waals surface area contributed by atoms with Crippen LogP contribution in [0.25, 0.3) is 0 Å². The fraction of sp³-hybridized carbons (Fsp3) is 1.00. The van der Waals surface area contributed by atoms with Crippen molar-refractivity contribution in [1.29, 1.82) is 0 Å². The van der Waals surface area contributed by atoms with Crippen LogP contribution >= 0.6 is 11.8 Å². The molecule has 100 valence electrons. The van der Waals surface area contributed by atoms with E-state index in [-0.39, 0.29) is 0 Å². The molecule has 0 aromatic carbocycles. The van der Waals surface area contributed by atoms with Crippen molar-refractivity contribution < 1.29 is 0 Å². The zero-order valence-corrected chi connectivity index (χ0v) is 12.3. The zero-order valence-electron chi connectivity index (χ0n) is 11.5. The predicted octanol–water partition coefficient (Wildman–Crippen LogP) is 2.59. The third-order valence-electron chi connectivity index (χ3n) is 3.87. The van der Waals surface area contributed by atoms with Crippen LogP contribution in [-0.4, -0.2) is 48.1 Å². The molecule has 0 spiro atoms. The Kier molecular flexibility index (Phi) is 5.64. The molecule has 2 aliphatic rings.